The minimum absolute atomic E-state index is 0.0194. The van der Waals surface area contributed by atoms with Gasteiger partial charge in [-0.1, -0.05) is 13.0 Å². The highest BCUT2D eigenvalue weighted by atomic mass is 19.1. The van der Waals surface area contributed by atoms with Crippen molar-refractivity contribution in [3.05, 3.63) is 59.0 Å². The molecule has 5 rings (SSSR count). The van der Waals surface area contributed by atoms with E-state index in [2.05, 4.69) is 20.1 Å². The van der Waals surface area contributed by atoms with Crippen LogP contribution in [0, 0.1) is 22.9 Å². The molecule has 0 radical (unpaired) electrons. The Morgan fingerprint density at radius 3 is 2.40 bits per heavy atom. The van der Waals surface area contributed by atoms with Crippen LogP contribution >= 0.6 is 0 Å². The molecule has 0 aliphatic heterocycles. The Kier molecular flexibility index (Phi) is 5.11. The number of carbonyl (C=O) groups is 1. The van der Waals surface area contributed by atoms with Gasteiger partial charge in [-0.3, -0.25) is 4.79 Å². The van der Waals surface area contributed by atoms with Crippen molar-refractivity contribution in [2.45, 2.75) is 32.2 Å². The second kappa shape index (κ2) is 7.93. The number of carbonyl (C=O) groups excluding carboxylic acids is 1. The Labute approximate surface area is 197 Å². The third-order valence-electron chi connectivity index (χ3n) is 6.77. The zero-order valence-corrected chi connectivity index (χ0v) is 18.6. The van der Waals surface area contributed by atoms with E-state index in [4.69, 9.17) is 17.2 Å². The third kappa shape index (κ3) is 3.52. The predicted octanol–water partition coefficient (Wildman–Crippen LogP) is 2.89. The average molecular weight is 482 g/mol. The molecule has 35 heavy (non-hydrogen) atoms. The van der Waals surface area contributed by atoms with Gasteiger partial charge in [-0.05, 0) is 31.0 Å². The maximum atomic E-state index is 14.3. The van der Waals surface area contributed by atoms with Gasteiger partial charge in [0.2, 0.25) is 5.91 Å². The first kappa shape index (κ1) is 22.6. The van der Waals surface area contributed by atoms with E-state index in [1.165, 1.54) is 16.8 Å². The van der Waals surface area contributed by atoms with Gasteiger partial charge in [0.05, 0.1) is 23.5 Å². The van der Waals surface area contributed by atoms with E-state index in [0.717, 1.165) is 18.3 Å². The van der Waals surface area contributed by atoms with Crippen molar-refractivity contribution in [3.63, 3.8) is 0 Å². The predicted molar refractivity (Wildman–Crippen MR) is 122 cm³/mol. The monoisotopic (exact) mass is 482 g/mol. The zero-order valence-electron chi connectivity index (χ0n) is 18.6. The number of pyridine rings is 1. The number of hydrogen-bond acceptors (Lipinski definition) is 7. The molecule has 1 aromatic carbocycles. The highest BCUT2D eigenvalue weighted by molar-refractivity contribution is 5.90. The van der Waals surface area contributed by atoms with Gasteiger partial charge in [0.1, 0.15) is 34.8 Å². The molecule has 9 nitrogen and oxygen atoms in total. The van der Waals surface area contributed by atoms with Crippen molar-refractivity contribution in [1.82, 2.24) is 24.7 Å². The largest absolute Gasteiger partial charge is 0.383 e. The number of nitrogen functional groups attached to an aromatic ring is 2. The second-order valence-corrected chi connectivity index (χ2v) is 8.84. The summed E-state index contributed by atoms with van der Waals surface area (Å²) in [6.07, 6.45) is 2.19. The highest BCUT2D eigenvalue weighted by Gasteiger charge is 2.50. The van der Waals surface area contributed by atoms with E-state index >= 15 is 0 Å². The van der Waals surface area contributed by atoms with Gasteiger partial charge >= 0.3 is 0 Å². The highest BCUT2D eigenvalue weighted by Crippen LogP contribution is 2.54. The smallest absolute Gasteiger partial charge is 0.223 e. The van der Waals surface area contributed by atoms with Crippen molar-refractivity contribution in [1.29, 1.82) is 0 Å². The van der Waals surface area contributed by atoms with Crippen LogP contribution in [0.1, 0.15) is 36.8 Å². The Morgan fingerprint density at radius 1 is 1.17 bits per heavy atom. The maximum absolute atomic E-state index is 14.3. The lowest BCUT2D eigenvalue weighted by Crippen LogP contribution is -2.47. The quantitative estimate of drug-likeness (QED) is 0.395. The number of anilines is 2. The van der Waals surface area contributed by atoms with E-state index in [9.17, 15) is 18.0 Å². The molecule has 6 N–H and O–H groups in total. The molecule has 1 aliphatic rings. The number of amides is 1. The first-order chi connectivity index (χ1) is 16.6. The van der Waals surface area contributed by atoms with Gasteiger partial charge in [0, 0.05) is 17.0 Å². The van der Waals surface area contributed by atoms with Crippen LogP contribution in [-0.2, 0) is 11.3 Å². The van der Waals surface area contributed by atoms with Crippen LogP contribution in [0.15, 0.2) is 30.5 Å². The molecule has 1 aliphatic carbocycles. The number of benzene rings is 1. The molecule has 1 saturated carbocycles. The number of halogens is 3. The average Bonchev–Trinajstić information content (AvgIpc) is 3.14. The Bertz CT molecular complexity index is 1460. The summed E-state index contributed by atoms with van der Waals surface area (Å²) in [4.78, 5) is 24.7. The minimum atomic E-state index is -0.821. The van der Waals surface area contributed by atoms with Gasteiger partial charge < -0.3 is 17.2 Å². The fourth-order valence-corrected chi connectivity index (χ4v) is 4.59. The van der Waals surface area contributed by atoms with Crippen LogP contribution in [0.4, 0.5) is 24.8 Å². The summed E-state index contributed by atoms with van der Waals surface area (Å²) >= 11 is 0. The summed E-state index contributed by atoms with van der Waals surface area (Å²) in [6.45, 7) is 1.43. The molecular weight excluding hydrogens is 461 g/mol. The summed E-state index contributed by atoms with van der Waals surface area (Å²) in [5.74, 6) is -2.93. The van der Waals surface area contributed by atoms with Crippen molar-refractivity contribution >= 4 is 28.6 Å². The molecule has 2 atom stereocenters. The standard InChI is InChI=1S/C23H21F3N8O/c1-23(22(29)35)6-5-13(23)16-18(27)31-20(32-19(16)28)17-11-7-10(24)8-30-21(11)34(33-17)9-12-14(25)3-2-4-15(12)26/h2-4,7-8,13H,5-6,9H2,1H3,(H2,29,35)(H4,27,28,31,32). The van der Waals surface area contributed by atoms with Gasteiger partial charge in [0.25, 0.3) is 0 Å². The van der Waals surface area contributed by atoms with Crippen molar-refractivity contribution in [2.75, 3.05) is 11.5 Å². The molecule has 3 aromatic heterocycles. The molecular formula is C23H21F3N8O. The van der Waals surface area contributed by atoms with E-state index < -0.39 is 28.8 Å². The lowest BCUT2D eigenvalue weighted by Gasteiger charge is -2.45. The summed E-state index contributed by atoms with van der Waals surface area (Å²) in [5.41, 5.74) is 17.6. The summed E-state index contributed by atoms with van der Waals surface area (Å²) in [7, 11) is 0. The van der Waals surface area contributed by atoms with Gasteiger partial charge in [0.15, 0.2) is 11.5 Å². The van der Waals surface area contributed by atoms with Crippen molar-refractivity contribution in [2.24, 2.45) is 11.1 Å². The molecule has 0 saturated heterocycles. The first-order valence-electron chi connectivity index (χ1n) is 10.8. The van der Waals surface area contributed by atoms with Gasteiger partial charge in [-0.2, -0.15) is 5.10 Å². The minimum Gasteiger partial charge on any atom is -0.383 e. The van der Waals surface area contributed by atoms with Crippen molar-refractivity contribution < 1.29 is 18.0 Å². The van der Waals surface area contributed by atoms with Crippen LogP contribution in [0.5, 0.6) is 0 Å². The molecule has 4 aromatic rings. The number of aromatic nitrogens is 5. The topological polar surface area (TPSA) is 152 Å². The Morgan fingerprint density at radius 2 is 1.83 bits per heavy atom. The van der Waals surface area contributed by atoms with E-state index in [1.807, 2.05) is 0 Å². The van der Waals surface area contributed by atoms with Crippen LogP contribution in [0.2, 0.25) is 0 Å². The summed E-state index contributed by atoms with van der Waals surface area (Å²) in [6, 6.07) is 4.67. The van der Waals surface area contributed by atoms with Crippen LogP contribution in [0.25, 0.3) is 22.6 Å². The SMILES string of the molecule is CC1(C(N)=O)CCC1c1c(N)nc(-c2nn(Cc3c(F)cccc3F)c3ncc(F)cc23)nc1N. The number of nitrogens with two attached hydrogens (primary N) is 3. The zero-order chi connectivity index (χ0) is 25.1. The fourth-order valence-electron chi connectivity index (χ4n) is 4.59. The molecule has 1 amide bonds. The number of fused-ring (bicyclic) bond motifs is 1. The molecule has 0 bridgehead atoms. The summed E-state index contributed by atoms with van der Waals surface area (Å²) < 4.78 is 43.8. The lowest BCUT2D eigenvalue weighted by atomic mass is 9.58. The van der Waals surface area contributed by atoms with E-state index in [-0.39, 0.29) is 52.2 Å². The van der Waals surface area contributed by atoms with Crippen LogP contribution in [-0.4, -0.2) is 30.6 Å². The molecule has 3 heterocycles. The van der Waals surface area contributed by atoms with Gasteiger partial charge in [-0.15, -0.1) is 0 Å². The molecule has 1 fully saturated rings. The van der Waals surface area contributed by atoms with E-state index in [1.54, 1.807) is 6.92 Å². The van der Waals surface area contributed by atoms with Gasteiger partial charge in [-0.25, -0.2) is 32.8 Å². The number of nitrogens with zero attached hydrogens (tertiary/aromatic N) is 5. The number of primary amides is 1. The van der Waals surface area contributed by atoms with Crippen molar-refractivity contribution in [3.8, 4) is 11.5 Å². The molecule has 0 spiro atoms. The number of rotatable bonds is 5. The maximum Gasteiger partial charge on any atom is 0.223 e. The third-order valence-corrected chi connectivity index (χ3v) is 6.77. The summed E-state index contributed by atoms with van der Waals surface area (Å²) in [5, 5.41) is 4.58. The van der Waals surface area contributed by atoms with E-state index in [0.29, 0.717) is 18.4 Å². The molecule has 12 heteroatoms. The van der Waals surface area contributed by atoms with Crippen LogP contribution in [0.3, 0.4) is 0 Å². The molecule has 2 unspecified atom stereocenters. The first-order valence-corrected chi connectivity index (χ1v) is 10.8. The Hall–Kier alpha value is -4.22. The molecule has 180 valence electrons. The lowest BCUT2D eigenvalue weighted by molar-refractivity contribution is -0.132. The van der Waals surface area contributed by atoms with Crippen LogP contribution < -0.4 is 17.2 Å². The second-order valence-electron chi connectivity index (χ2n) is 8.84. The normalized spacial score (nSPS) is 19.6. The Balaban J connectivity index is 1.63. The number of hydrogen-bond donors (Lipinski definition) is 3. The fraction of sp³-hybridized carbons (Fsp3) is 0.261.